The van der Waals surface area contributed by atoms with Crippen molar-refractivity contribution in [2.24, 2.45) is 5.92 Å². The zero-order valence-electron chi connectivity index (χ0n) is 9.69. The second kappa shape index (κ2) is 4.98. The molecule has 1 aromatic rings. The van der Waals surface area contributed by atoms with Gasteiger partial charge in [0.1, 0.15) is 11.9 Å². The van der Waals surface area contributed by atoms with Gasteiger partial charge in [-0.2, -0.15) is 5.26 Å². The molecule has 3 heteroatoms. The van der Waals surface area contributed by atoms with E-state index in [4.69, 9.17) is 5.26 Å². The van der Waals surface area contributed by atoms with Gasteiger partial charge in [0.25, 0.3) is 0 Å². The van der Waals surface area contributed by atoms with Gasteiger partial charge in [-0.1, -0.05) is 13.3 Å². The maximum atomic E-state index is 8.70. The highest BCUT2D eigenvalue weighted by Crippen LogP contribution is 2.24. The molecular weight excluding hydrogens is 198 g/mol. The van der Waals surface area contributed by atoms with Crippen LogP contribution in [0.15, 0.2) is 18.3 Å². The van der Waals surface area contributed by atoms with Crippen molar-refractivity contribution in [1.29, 1.82) is 5.26 Å². The Morgan fingerprint density at radius 2 is 2.44 bits per heavy atom. The van der Waals surface area contributed by atoms with E-state index in [0.717, 1.165) is 24.8 Å². The summed E-state index contributed by atoms with van der Waals surface area (Å²) in [6.45, 7) is 4.46. The summed E-state index contributed by atoms with van der Waals surface area (Å²) in [5.74, 6) is 1.83. The summed E-state index contributed by atoms with van der Waals surface area (Å²) in [5.41, 5.74) is 0.632. The highest BCUT2D eigenvalue weighted by atomic mass is 15.2. The molecule has 2 rings (SSSR count). The summed E-state index contributed by atoms with van der Waals surface area (Å²) in [5, 5.41) is 8.70. The number of hydrogen-bond acceptors (Lipinski definition) is 3. The Morgan fingerprint density at radius 3 is 3.06 bits per heavy atom. The molecule has 16 heavy (non-hydrogen) atoms. The molecule has 0 N–H and O–H groups in total. The Morgan fingerprint density at radius 1 is 1.56 bits per heavy atom. The van der Waals surface area contributed by atoms with Gasteiger partial charge in [0, 0.05) is 19.3 Å². The minimum atomic E-state index is 0.632. The topological polar surface area (TPSA) is 39.9 Å². The van der Waals surface area contributed by atoms with Crippen LogP contribution < -0.4 is 4.90 Å². The molecule has 0 amide bonds. The Hall–Kier alpha value is -1.56. The van der Waals surface area contributed by atoms with Gasteiger partial charge in [0.15, 0.2) is 0 Å². The van der Waals surface area contributed by atoms with Crippen molar-refractivity contribution in [1.82, 2.24) is 4.98 Å². The summed E-state index contributed by atoms with van der Waals surface area (Å²) in [4.78, 5) is 6.65. The fourth-order valence-electron chi connectivity index (χ4n) is 2.32. The van der Waals surface area contributed by atoms with Gasteiger partial charge in [-0.15, -0.1) is 0 Å². The third-order valence-electron chi connectivity index (χ3n) is 3.18. The molecule has 1 atom stereocenters. The van der Waals surface area contributed by atoms with Gasteiger partial charge in [-0.25, -0.2) is 4.98 Å². The first-order valence-corrected chi connectivity index (χ1v) is 5.94. The third kappa shape index (κ3) is 2.33. The number of hydrogen-bond donors (Lipinski definition) is 0. The lowest BCUT2D eigenvalue weighted by Gasteiger charge is -2.17. The SMILES string of the molecule is CCC[C@H]1CCN(c2ccc(C#N)cn2)C1. The third-order valence-corrected chi connectivity index (χ3v) is 3.18. The summed E-state index contributed by atoms with van der Waals surface area (Å²) in [7, 11) is 0. The highest BCUT2D eigenvalue weighted by molar-refractivity contribution is 5.42. The summed E-state index contributed by atoms with van der Waals surface area (Å²) < 4.78 is 0. The molecule has 0 spiro atoms. The molecule has 1 aliphatic rings. The van der Waals surface area contributed by atoms with E-state index in [0.29, 0.717) is 5.56 Å². The Balaban J connectivity index is 2.00. The van der Waals surface area contributed by atoms with Crippen molar-refractivity contribution >= 4 is 5.82 Å². The summed E-state index contributed by atoms with van der Waals surface area (Å²) in [6, 6.07) is 5.89. The quantitative estimate of drug-likeness (QED) is 0.778. The zero-order valence-corrected chi connectivity index (χ0v) is 9.69. The molecule has 0 bridgehead atoms. The molecule has 0 saturated carbocycles. The van der Waals surface area contributed by atoms with Crippen molar-refractivity contribution in [3.8, 4) is 6.07 Å². The molecular formula is C13H17N3. The van der Waals surface area contributed by atoms with Gasteiger partial charge in [-0.3, -0.25) is 0 Å². The van der Waals surface area contributed by atoms with Crippen LogP contribution in [-0.4, -0.2) is 18.1 Å². The Kier molecular flexibility index (Phi) is 3.40. The second-order valence-electron chi connectivity index (χ2n) is 4.41. The van der Waals surface area contributed by atoms with Crippen LogP contribution in [0.1, 0.15) is 31.7 Å². The van der Waals surface area contributed by atoms with E-state index in [1.54, 1.807) is 6.20 Å². The minimum absolute atomic E-state index is 0.632. The normalized spacial score (nSPS) is 19.8. The molecule has 0 aliphatic carbocycles. The molecule has 84 valence electrons. The van der Waals surface area contributed by atoms with Crippen molar-refractivity contribution in [2.45, 2.75) is 26.2 Å². The van der Waals surface area contributed by atoms with Crippen LogP contribution in [0.4, 0.5) is 5.82 Å². The van der Waals surface area contributed by atoms with E-state index in [9.17, 15) is 0 Å². The maximum Gasteiger partial charge on any atom is 0.128 e. The van der Waals surface area contributed by atoms with Gasteiger partial charge < -0.3 is 4.90 Å². The Labute approximate surface area is 96.7 Å². The van der Waals surface area contributed by atoms with Crippen molar-refractivity contribution < 1.29 is 0 Å². The fraction of sp³-hybridized carbons (Fsp3) is 0.538. The van der Waals surface area contributed by atoms with E-state index in [1.807, 2.05) is 12.1 Å². The number of aromatic nitrogens is 1. The lowest BCUT2D eigenvalue weighted by Crippen LogP contribution is -2.20. The maximum absolute atomic E-state index is 8.70. The molecule has 0 unspecified atom stereocenters. The van der Waals surface area contributed by atoms with Crippen LogP contribution in [0.25, 0.3) is 0 Å². The van der Waals surface area contributed by atoms with Crippen LogP contribution in [0.3, 0.4) is 0 Å². The first kappa shape index (κ1) is 10.9. The molecule has 0 aromatic carbocycles. The van der Waals surface area contributed by atoms with E-state index in [-0.39, 0.29) is 0 Å². The zero-order chi connectivity index (χ0) is 11.4. The summed E-state index contributed by atoms with van der Waals surface area (Å²) in [6.07, 6.45) is 5.50. The Bertz CT molecular complexity index is 377. The first-order valence-electron chi connectivity index (χ1n) is 5.94. The van der Waals surface area contributed by atoms with Crippen molar-refractivity contribution in [2.75, 3.05) is 18.0 Å². The molecule has 1 saturated heterocycles. The van der Waals surface area contributed by atoms with E-state index < -0.39 is 0 Å². The van der Waals surface area contributed by atoms with Gasteiger partial charge in [0.2, 0.25) is 0 Å². The number of anilines is 1. The lowest BCUT2D eigenvalue weighted by molar-refractivity contribution is 0.529. The number of rotatable bonds is 3. The van der Waals surface area contributed by atoms with Gasteiger partial charge >= 0.3 is 0 Å². The largest absolute Gasteiger partial charge is 0.356 e. The van der Waals surface area contributed by atoms with E-state index >= 15 is 0 Å². The van der Waals surface area contributed by atoms with Crippen molar-refractivity contribution in [3.05, 3.63) is 23.9 Å². The average molecular weight is 215 g/mol. The number of pyridine rings is 1. The minimum Gasteiger partial charge on any atom is -0.356 e. The molecule has 2 heterocycles. The van der Waals surface area contributed by atoms with Crippen LogP contribution in [0.2, 0.25) is 0 Å². The molecule has 1 fully saturated rings. The van der Waals surface area contributed by atoms with E-state index in [2.05, 4.69) is 22.9 Å². The first-order chi connectivity index (χ1) is 7.83. The van der Waals surface area contributed by atoms with Crippen LogP contribution in [0.5, 0.6) is 0 Å². The lowest BCUT2D eigenvalue weighted by atomic mass is 10.0. The van der Waals surface area contributed by atoms with Crippen LogP contribution in [-0.2, 0) is 0 Å². The number of nitriles is 1. The number of nitrogens with zero attached hydrogens (tertiary/aromatic N) is 3. The van der Waals surface area contributed by atoms with Crippen LogP contribution >= 0.6 is 0 Å². The van der Waals surface area contributed by atoms with Gasteiger partial charge in [-0.05, 0) is 30.9 Å². The van der Waals surface area contributed by atoms with Crippen LogP contribution in [0, 0.1) is 17.2 Å². The standard InChI is InChI=1S/C13H17N3/c1-2-3-11-6-7-16(10-11)13-5-4-12(8-14)9-15-13/h4-5,9,11H,2-3,6-7,10H2,1H3/t11-/m0/s1. The monoisotopic (exact) mass is 215 g/mol. The molecule has 1 aromatic heterocycles. The van der Waals surface area contributed by atoms with Crippen molar-refractivity contribution in [3.63, 3.8) is 0 Å². The summed E-state index contributed by atoms with van der Waals surface area (Å²) >= 11 is 0. The van der Waals surface area contributed by atoms with Gasteiger partial charge in [0.05, 0.1) is 5.56 Å². The predicted molar refractivity (Wildman–Crippen MR) is 64.2 cm³/mol. The molecule has 1 aliphatic heterocycles. The smallest absolute Gasteiger partial charge is 0.128 e. The second-order valence-corrected chi connectivity index (χ2v) is 4.41. The average Bonchev–Trinajstić information content (AvgIpc) is 2.78. The fourth-order valence-corrected chi connectivity index (χ4v) is 2.32. The molecule has 3 nitrogen and oxygen atoms in total. The highest BCUT2D eigenvalue weighted by Gasteiger charge is 2.22. The van der Waals surface area contributed by atoms with E-state index in [1.165, 1.54) is 19.3 Å². The molecule has 0 radical (unpaired) electrons. The predicted octanol–water partition coefficient (Wildman–Crippen LogP) is 2.58.